The molecule has 0 atom stereocenters. The summed E-state index contributed by atoms with van der Waals surface area (Å²) in [4.78, 5) is 14.1. The molecule has 0 fully saturated rings. The zero-order valence-electron chi connectivity index (χ0n) is 7.55. The Balaban J connectivity index is 2.61. The Labute approximate surface area is 93.3 Å². The number of aryl methyl sites for hydroxylation is 1. The van der Waals surface area contributed by atoms with Gasteiger partial charge in [-0.15, -0.1) is 11.3 Å². The summed E-state index contributed by atoms with van der Waals surface area (Å²) in [7, 11) is 0. The fourth-order valence-corrected chi connectivity index (χ4v) is 2.12. The van der Waals surface area contributed by atoms with E-state index < -0.39 is 4.92 Å². The second-order valence-electron chi connectivity index (χ2n) is 2.71. The number of aromatic nitrogens is 3. The highest BCUT2D eigenvalue weighted by atomic mass is 35.5. The SMILES string of the molecule is Cc1nn(-c2nccs2)c(Cl)c1[N+](=O)[O-]. The van der Waals surface area contributed by atoms with E-state index >= 15 is 0 Å². The summed E-state index contributed by atoms with van der Waals surface area (Å²) in [5, 5.41) is 16.9. The maximum atomic E-state index is 10.7. The molecule has 0 aromatic carbocycles. The van der Waals surface area contributed by atoms with Gasteiger partial charge in [0.1, 0.15) is 5.69 Å². The maximum absolute atomic E-state index is 10.7. The van der Waals surface area contributed by atoms with Gasteiger partial charge in [-0.25, -0.2) is 4.98 Å². The van der Waals surface area contributed by atoms with Crippen LogP contribution in [0.1, 0.15) is 5.69 Å². The molecule has 8 heteroatoms. The lowest BCUT2D eigenvalue weighted by atomic mass is 10.4. The van der Waals surface area contributed by atoms with E-state index in [1.165, 1.54) is 22.9 Å². The number of nitro groups is 1. The predicted octanol–water partition coefficient (Wildman–Crippen LogP) is 2.20. The average molecular weight is 245 g/mol. The normalized spacial score (nSPS) is 10.5. The first-order valence-corrected chi connectivity index (χ1v) is 5.16. The molecule has 2 aromatic heterocycles. The van der Waals surface area contributed by atoms with Crippen LogP contribution in [0.4, 0.5) is 5.69 Å². The summed E-state index contributed by atoms with van der Waals surface area (Å²) in [5.41, 5.74) is 0.104. The predicted molar refractivity (Wildman–Crippen MR) is 55.6 cm³/mol. The lowest BCUT2D eigenvalue weighted by Gasteiger charge is -1.94. The van der Waals surface area contributed by atoms with Gasteiger partial charge in [-0.05, 0) is 6.92 Å². The lowest BCUT2D eigenvalue weighted by molar-refractivity contribution is -0.385. The summed E-state index contributed by atoms with van der Waals surface area (Å²) in [6, 6.07) is 0. The smallest absolute Gasteiger partial charge is 0.258 e. The molecule has 0 saturated carbocycles. The van der Waals surface area contributed by atoms with Crippen LogP contribution in [0.5, 0.6) is 0 Å². The van der Waals surface area contributed by atoms with Crippen molar-refractivity contribution in [3.63, 3.8) is 0 Å². The van der Waals surface area contributed by atoms with Gasteiger partial charge in [-0.1, -0.05) is 11.6 Å². The lowest BCUT2D eigenvalue weighted by Crippen LogP contribution is -1.95. The Morgan fingerprint density at radius 3 is 2.87 bits per heavy atom. The monoisotopic (exact) mass is 244 g/mol. The van der Waals surface area contributed by atoms with E-state index in [-0.39, 0.29) is 16.5 Å². The molecule has 0 saturated heterocycles. The molecule has 0 radical (unpaired) electrons. The molecule has 0 unspecified atom stereocenters. The number of hydrogen-bond acceptors (Lipinski definition) is 5. The molecule has 0 bridgehead atoms. The van der Waals surface area contributed by atoms with Crippen molar-refractivity contribution in [1.29, 1.82) is 0 Å². The molecule has 0 aliphatic heterocycles. The third-order valence-electron chi connectivity index (χ3n) is 1.76. The van der Waals surface area contributed by atoms with Crippen molar-refractivity contribution >= 4 is 28.6 Å². The quantitative estimate of drug-likeness (QED) is 0.600. The van der Waals surface area contributed by atoms with E-state index in [9.17, 15) is 10.1 Å². The average Bonchev–Trinajstić information content (AvgIpc) is 2.72. The second-order valence-corrected chi connectivity index (χ2v) is 3.94. The van der Waals surface area contributed by atoms with Gasteiger partial charge >= 0.3 is 5.69 Å². The number of hydrogen-bond donors (Lipinski definition) is 0. The summed E-state index contributed by atoms with van der Waals surface area (Å²) in [6.07, 6.45) is 1.58. The van der Waals surface area contributed by atoms with E-state index in [1.807, 2.05) is 0 Å². The minimum Gasteiger partial charge on any atom is -0.258 e. The van der Waals surface area contributed by atoms with Crippen molar-refractivity contribution in [2.24, 2.45) is 0 Å². The van der Waals surface area contributed by atoms with Gasteiger partial charge in [0.05, 0.1) is 4.92 Å². The van der Waals surface area contributed by atoms with Crippen LogP contribution in [0.2, 0.25) is 5.15 Å². The van der Waals surface area contributed by atoms with Crippen molar-refractivity contribution in [3.8, 4) is 5.13 Å². The molecule has 2 aromatic rings. The first kappa shape index (κ1) is 10.1. The Morgan fingerprint density at radius 1 is 1.67 bits per heavy atom. The Hall–Kier alpha value is -1.47. The minimum atomic E-state index is -0.547. The summed E-state index contributed by atoms with van der Waals surface area (Å²) < 4.78 is 1.26. The second kappa shape index (κ2) is 3.59. The largest absolute Gasteiger partial charge is 0.329 e. The topological polar surface area (TPSA) is 73.8 Å². The molecule has 0 spiro atoms. The van der Waals surface area contributed by atoms with E-state index in [0.29, 0.717) is 5.13 Å². The van der Waals surface area contributed by atoms with Gasteiger partial charge in [0.2, 0.25) is 10.3 Å². The van der Waals surface area contributed by atoms with Gasteiger partial charge in [-0.2, -0.15) is 9.78 Å². The van der Waals surface area contributed by atoms with Crippen LogP contribution >= 0.6 is 22.9 Å². The van der Waals surface area contributed by atoms with Crippen molar-refractivity contribution in [2.45, 2.75) is 6.92 Å². The molecule has 2 rings (SSSR count). The Kier molecular flexibility index (Phi) is 2.41. The van der Waals surface area contributed by atoms with Crippen molar-refractivity contribution in [2.75, 3.05) is 0 Å². The molecule has 0 aliphatic rings. The first-order valence-electron chi connectivity index (χ1n) is 3.90. The Morgan fingerprint density at radius 2 is 2.40 bits per heavy atom. The fraction of sp³-hybridized carbons (Fsp3) is 0.143. The number of nitrogens with zero attached hydrogens (tertiary/aromatic N) is 4. The molecule has 0 N–H and O–H groups in total. The number of rotatable bonds is 2. The van der Waals surface area contributed by atoms with Crippen LogP contribution in [0, 0.1) is 17.0 Å². The molecule has 78 valence electrons. The van der Waals surface area contributed by atoms with E-state index in [0.717, 1.165) is 0 Å². The molecule has 6 nitrogen and oxygen atoms in total. The molecular weight excluding hydrogens is 240 g/mol. The first-order chi connectivity index (χ1) is 7.11. The number of thiazole rings is 1. The van der Waals surface area contributed by atoms with Crippen LogP contribution in [-0.2, 0) is 0 Å². The Bertz CT molecular complexity index is 507. The summed E-state index contributed by atoms with van der Waals surface area (Å²) in [5.74, 6) is 0. The standard InChI is InChI=1S/C7H5ClN4O2S/c1-4-5(12(13)14)6(8)11(10-4)7-9-2-3-15-7/h2-3H,1H3. The highest BCUT2D eigenvalue weighted by Gasteiger charge is 2.25. The number of halogens is 1. The third-order valence-corrected chi connectivity index (χ3v) is 2.84. The van der Waals surface area contributed by atoms with E-state index in [1.54, 1.807) is 11.6 Å². The van der Waals surface area contributed by atoms with Crippen LogP contribution in [0.15, 0.2) is 11.6 Å². The third kappa shape index (κ3) is 1.59. The van der Waals surface area contributed by atoms with E-state index in [4.69, 9.17) is 11.6 Å². The van der Waals surface area contributed by atoms with Gasteiger partial charge in [0.15, 0.2) is 0 Å². The minimum absolute atomic E-state index is 0.0209. The molecule has 0 amide bonds. The summed E-state index contributed by atoms with van der Waals surface area (Å²) in [6.45, 7) is 1.54. The van der Waals surface area contributed by atoms with Crippen molar-refractivity contribution in [3.05, 3.63) is 32.5 Å². The maximum Gasteiger partial charge on any atom is 0.329 e. The van der Waals surface area contributed by atoms with Crippen LogP contribution in [0.25, 0.3) is 5.13 Å². The molecule has 15 heavy (non-hydrogen) atoms. The summed E-state index contributed by atoms with van der Waals surface area (Å²) >= 11 is 7.15. The zero-order valence-corrected chi connectivity index (χ0v) is 9.12. The highest BCUT2D eigenvalue weighted by molar-refractivity contribution is 7.12. The fourth-order valence-electron chi connectivity index (χ4n) is 1.15. The molecular formula is C7H5ClN4O2S. The van der Waals surface area contributed by atoms with Gasteiger partial charge < -0.3 is 0 Å². The van der Waals surface area contributed by atoms with Crippen molar-refractivity contribution in [1.82, 2.24) is 14.8 Å². The molecule has 0 aliphatic carbocycles. The van der Waals surface area contributed by atoms with E-state index in [2.05, 4.69) is 10.1 Å². The van der Waals surface area contributed by atoms with Crippen LogP contribution in [0.3, 0.4) is 0 Å². The van der Waals surface area contributed by atoms with Gasteiger partial charge in [-0.3, -0.25) is 10.1 Å². The van der Waals surface area contributed by atoms with Crippen molar-refractivity contribution < 1.29 is 4.92 Å². The van der Waals surface area contributed by atoms with Gasteiger partial charge in [0.25, 0.3) is 0 Å². The highest BCUT2D eigenvalue weighted by Crippen LogP contribution is 2.30. The van der Waals surface area contributed by atoms with Crippen LogP contribution in [-0.4, -0.2) is 19.7 Å². The van der Waals surface area contributed by atoms with Crippen LogP contribution < -0.4 is 0 Å². The molecule has 2 heterocycles. The zero-order chi connectivity index (χ0) is 11.0. The van der Waals surface area contributed by atoms with Gasteiger partial charge in [0, 0.05) is 11.6 Å².